The van der Waals surface area contributed by atoms with Crippen molar-refractivity contribution in [3.8, 4) is 0 Å². The highest BCUT2D eigenvalue weighted by Crippen LogP contribution is 2.78. The van der Waals surface area contributed by atoms with Crippen LogP contribution in [0.3, 0.4) is 0 Å². The van der Waals surface area contributed by atoms with Crippen LogP contribution >= 0.6 is 0 Å². The summed E-state index contributed by atoms with van der Waals surface area (Å²) >= 11 is 0. The van der Waals surface area contributed by atoms with Gasteiger partial charge in [-0.3, -0.25) is 4.79 Å². The minimum atomic E-state index is -2.00. The lowest BCUT2D eigenvalue weighted by Gasteiger charge is -2.73. The van der Waals surface area contributed by atoms with Crippen LogP contribution in [0.4, 0.5) is 0 Å². The van der Waals surface area contributed by atoms with Crippen molar-refractivity contribution in [2.24, 2.45) is 56.7 Å². The first-order chi connectivity index (χ1) is 22.2. The molecule has 0 saturated heterocycles. The Morgan fingerprint density at radius 1 is 0.755 bits per heavy atom. The second-order valence-electron chi connectivity index (χ2n) is 22.3. The first-order valence-corrected chi connectivity index (χ1v) is 26.1. The second-order valence-corrected chi connectivity index (χ2v) is 31.9. The van der Waals surface area contributed by atoms with Gasteiger partial charge in [-0.1, -0.05) is 81.4 Å². The molecule has 5 rings (SSSR count). The SMILES string of the molecule is C=C(C)C1CC[C@]2(C(=O)OC)CC[C@]3(C)C(CCC4[C@@]5(C)CC[C@H](O[Si](C)(C)C(C)(C)C)[C@@](C)(CO[Si](C)(C)C(C)(C)C)C5CC[C@]43C)C12. The molecule has 0 heterocycles. The maximum absolute atomic E-state index is 13.7. The third-order valence-electron chi connectivity index (χ3n) is 18.2. The number of fused-ring (bicyclic) bond motifs is 7. The van der Waals surface area contributed by atoms with Gasteiger partial charge in [-0.05, 0) is 153 Å². The quantitative estimate of drug-likeness (QED) is 0.150. The van der Waals surface area contributed by atoms with Gasteiger partial charge in [0.05, 0.1) is 18.6 Å². The molecule has 0 aromatic heterocycles. The average Bonchev–Trinajstić information content (AvgIpc) is 3.38. The Morgan fingerprint density at radius 2 is 1.37 bits per heavy atom. The zero-order chi connectivity index (χ0) is 37.0. The largest absolute Gasteiger partial charge is 0.469 e. The van der Waals surface area contributed by atoms with Gasteiger partial charge in [0, 0.05) is 12.0 Å². The molecule has 5 fully saturated rings. The normalized spacial score (nSPS) is 44.3. The highest BCUT2D eigenvalue weighted by molar-refractivity contribution is 6.74. The van der Waals surface area contributed by atoms with Gasteiger partial charge in [0.1, 0.15) is 0 Å². The van der Waals surface area contributed by atoms with E-state index >= 15 is 0 Å². The zero-order valence-corrected chi connectivity index (χ0v) is 37.1. The summed E-state index contributed by atoms with van der Waals surface area (Å²) in [5.74, 6) is 2.61. The molecule has 0 amide bonds. The van der Waals surface area contributed by atoms with Gasteiger partial charge in [0.2, 0.25) is 0 Å². The van der Waals surface area contributed by atoms with Crippen LogP contribution in [0.15, 0.2) is 12.2 Å². The Hall–Kier alpha value is -0.436. The fourth-order valence-corrected chi connectivity index (χ4v) is 15.5. The van der Waals surface area contributed by atoms with Crippen LogP contribution in [0.5, 0.6) is 0 Å². The minimum absolute atomic E-state index is 0.0276. The van der Waals surface area contributed by atoms with E-state index in [4.69, 9.17) is 13.6 Å². The van der Waals surface area contributed by atoms with Gasteiger partial charge in [0.25, 0.3) is 0 Å². The number of rotatable bonds is 7. The molecule has 0 aromatic rings. The number of carbonyl (C=O) groups excluding carboxylic acids is 1. The van der Waals surface area contributed by atoms with Gasteiger partial charge >= 0.3 is 5.97 Å². The molecule has 49 heavy (non-hydrogen) atoms. The minimum Gasteiger partial charge on any atom is -0.469 e. The monoisotopic (exact) mass is 715 g/mol. The van der Waals surface area contributed by atoms with E-state index in [1.807, 2.05) is 0 Å². The number of esters is 1. The molecule has 0 aromatic carbocycles. The van der Waals surface area contributed by atoms with Gasteiger partial charge in [0.15, 0.2) is 16.6 Å². The first kappa shape index (κ1) is 39.8. The van der Waals surface area contributed by atoms with Crippen LogP contribution < -0.4 is 0 Å². The smallest absolute Gasteiger partial charge is 0.312 e. The lowest BCUT2D eigenvalue weighted by molar-refractivity contribution is -0.252. The fraction of sp³-hybridized carbons (Fsp3) is 0.930. The van der Waals surface area contributed by atoms with Crippen molar-refractivity contribution >= 4 is 22.6 Å². The molecule has 11 atom stereocenters. The van der Waals surface area contributed by atoms with E-state index in [2.05, 4.69) is 109 Å². The predicted octanol–water partition coefficient (Wildman–Crippen LogP) is 12.2. The molecular formula is C43H78O4Si2. The van der Waals surface area contributed by atoms with Crippen molar-refractivity contribution in [2.45, 2.75) is 183 Å². The van der Waals surface area contributed by atoms with Crippen LogP contribution in [0, 0.1) is 56.7 Å². The summed E-state index contributed by atoms with van der Waals surface area (Å²) in [6, 6.07) is 0. The van der Waals surface area contributed by atoms with Crippen LogP contribution in [0.2, 0.25) is 36.3 Å². The molecule has 5 aliphatic carbocycles. The summed E-state index contributed by atoms with van der Waals surface area (Å²) in [6.45, 7) is 42.3. The maximum atomic E-state index is 13.7. The van der Waals surface area contributed by atoms with Crippen LogP contribution in [0.25, 0.3) is 0 Å². The van der Waals surface area contributed by atoms with E-state index in [9.17, 15) is 4.79 Å². The van der Waals surface area contributed by atoms with Crippen molar-refractivity contribution in [1.29, 1.82) is 0 Å². The fourth-order valence-electron chi connectivity index (χ4n) is 13.0. The number of hydrogen-bond acceptors (Lipinski definition) is 4. The van der Waals surface area contributed by atoms with E-state index in [0.717, 1.165) is 38.7 Å². The van der Waals surface area contributed by atoms with Crippen LogP contribution in [-0.2, 0) is 18.4 Å². The lowest BCUT2D eigenvalue weighted by atomic mass is 9.32. The third-order valence-corrected chi connectivity index (χ3v) is 27.2. The Morgan fingerprint density at radius 3 is 1.92 bits per heavy atom. The standard InChI is InChI=1S/C43H78O4Si2/c1-29(2)30-20-25-43(36(44)45-13)27-26-41(11)31(35(30)43)18-19-33-39(9)23-22-34(47-49(16,17)38(6,7)8)40(10,32(39)21-24-42(33,41)12)28-46-48(14,15)37(3,4)5/h30-35H,1,18-28H2,2-17H3/t30?,31?,32?,33?,34-,35?,39-,40-,41+,42+,43-/m0/s1. The molecule has 5 unspecified atom stereocenters. The molecule has 282 valence electrons. The van der Waals surface area contributed by atoms with E-state index in [0.29, 0.717) is 29.6 Å². The number of allylic oxidation sites excluding steroid dienone is 1. The molecule has 4 nitrogen and oxygen atoms in total. The Labute approximate surface area is 305 Å². The summed E-state index contributed by atoms with van der Waals surface area (Å²) in [5.41, 5.74) is 1.60. The molecular weight excluding hydrogens is 637 g/mol. The van der Waals surface area contributed by atoms with Gasteiger partial charge in [-0.25, -0.2) is 0 Å². The van der Waals surface area contributed by atoms with Gasteiger partial charge in [-0.15, -0.1) is 0 Å². The van der Waals surface area contributed by atoms with Crippen LogP contribution in [0.1, 0.15) is 140 Å². The van der Waals surface area contributed by atoms with Gasteiger partial charge in [-0.2, -0.15) is 0 Å². The van der Waals surface area contributed by atoms with Crippen molar-refractivity contribution in [2.75, 3.05) is 13.7 Å². The van der Waals surface area contributed by atoms with Crippen molar-refractivity contribution < 1.29 is 18.4 Å². The van der Waals surface area contributed by atoms with Gasteiger partial charge < -0.3 is 13.6 Å². The molecule has 5 aliphatic rings. The highest BCUT2D eigenvalue weighted by atomic mass is 28.4. The third kappa shape index (κ3) is 5.79. The topological polar surface area (TPSA) is 44.8 Å². The average molecular weight is 715 g/mol. The number of carbonyl (C=O) groups is 1. The zero-order valence-electron chi connectivity index (χ0n) is 35.1. The molecule has 0 spiro atoms. The summed E-state index contributed by atoms with van der Waals surface area (Å²) in [5, 5.41) is 0.354. The van der Waals surface area contributed by atoms with Crippen molar-refractivity contribution in [3.63, 3.8) is 0 Å². The van der Waals surface area contributed by atoms with E-state index in [1.54, 1.807) is 7.11 Å². The maximum Gasteiger partial charge on any atom is 0.312 e. The molecule has 0 N–H and O–H groups in total. The van der Waals surface area contributed by atoms with Crippen molar-refractivity contribution in [3.05, 3.63) is 12.2 Å². The van der Waals surface area contributed by atoms with Crippen LogP contribution in [-0.4, -0.2) is 42.4 Å². The molecule has 0 aliphatic heterocycles. The summed E-state index contributed by atoms with van der Waals surface area (Å²) < 4.78 is 20.4. The molecule has 0 radical (unpaired) electrons. The number of methoxy groups -OCH3 is 1. The van der Waals surface area contributed by atoms with E-state index < -0.39 is 16.6 Å². The number of ether oxygens (including phenoxy) is 1. The lowest BCUT2D eigenvalue weighted by Crippen LogP contribution is -2.68. The molecule has 5 saturated carbocycles. The predicted molar refractivity (Wildman–Crippen MR) is 211 cm³/mol. The van der Waals surface area contributed by atoms with Crippen molar-refractivity contribution in [1.82, 2.24) is 0 Å². The molecule has 0 bridgehead atoms. The highest BCUT2D eigenvalue weighted by Gasteiger charge is 2.73. The Balaban J connectivity index is 1.54. The first-order valence-electron chi connectivity index (χ1n) is 20.2. The Kier molecular flexibility index (Phi) is 9.98. The Bertz CT molecular complexity index is 1290. The van der Waals surface area contributed by atoms with E-state index in [-0.39, 0.29) is 49.2 Å². The summed E-state index contributed by atoms with van der Waals surface area (Å²) in [6.07, 6.45) is 11.8. The second kappa shape index (κ2) is 12.3. The summed E-state index contributed by atoms with van der Waals surface area (Å²) in [7, 11) is -2.34. The molecule has 6 heteroatoms. The summed E-state index contributed by atoms with van der Waals surface area (Å²) in [4.78, 5) is 13.7. The van der Waals surface area contributed by atoms with E-state index in [1.165, 1.54) is 37.7 Å². The number of hydrogen-bond donors (Lipinski definition) is 0.